The fourth-order valence-corrected chi connectivity index (χ4v) is 1.96. The van der Waals surface area contributed by atoms with Crippen LogP contribution in [0.1, 0.15) is 51.9 Å². The minimum Gasteiger partial charge on any atom is -0.298 e. The zero-order chi connectivity index (χ0) is 11.3. The molecule has 0 spiro atoms. The van der Waals surface area contributed by atoms with Crippen LogP contribution in [0.5, 0.6) is 0 Å². The van der Waals surface area contributed by atoms with E-state index in [1.807, 2.05) is 0 Å². The molecule has 0 bridgehead atoms. The summed E-state index contributed by atoms with van der Waals surface area (Å²) >= 11 is 0. The molecule has 3 heteroatoms. The fourth-order valence-electron chi connectivity index (χ4n) is 1.96. The van der Waals surface area contributed by atoms with Gasteiger partial charge in [0.15, 0.2) is 17.3 Å². The summed E-state index contributed by atoms with van der Waals surface area (Å²) in [5.74, 6) is -1.38. The molecule has 1 rings (SSSR count). The molecule has 3 nitrogen and oxygen atoms in total. The highest BCUT2D eigenvalue weighted by atomic mass is 16.2. The topological polar surface area (TPSA) is 51.2 Å². The van der Waals surface area contributed by atoms with Crippen molar-refractivity contribution in [2.75, 3.05) is 0 Å². The lowest BCUT2D eigenvalue weighted by atomic mass is 9.82. The van der Waals surface area contributed by atoms with Gasteiger partial charge in [-0.05, 0) is 12.8 Å². The Morgan fingerprint density at radius 3 is 2.33 bits per heavy atom. The normalized spacial score (nSPS) is 18.2. The van der Waals surface area contributed by atoms with Gasteiger partial charge in [-0.15, -0.1) is 0 Å². The molecule has 84 valence electrons. The van der Waals surface area contributed by atoms with Crippen LogP contribution in [0.4, 0.5) is 0 Å². The molecule has 1 aliphatic carbocycles. The summed E-state index contributed by atoms with van der Waals surface area (Å²) in [7, 11) is 0. The minimum atomic E-state index is -0.907. The van der Waals surface area contributed by atoms with Crippen LogP contribution in [0, 0.1) is 5.92 Å². The van der Waals surface area contributed by atoms with Gasteiger partial charge in [0.05, 0.1) is 0 Å². The minimum absolute atomic E-state index is 0.154. The Kier molecular flexibility index (Phi) is 4.66. The smallest absolute Gasteiger partial charge is 0.150 e. The van der Waals surface area contributed by atoms with Crippen LogP contribution in [0.3, 0.4) is 0 Å². The van der Waals surface area contributed by atoms with Gasteiger partial charge in [-0.1, -0.05) is 19.8 Å². The molecule has 0 atom stereocenters. The third-order valence-corrected chi connectivity index (χ3v) is 2.84. The van der Waals surface area contributed by atoms with Gasteiger partial charge in [0.1, 0.15) is 5.92 Å². The van der Waals surface area contributed by atoms with E-state index < -0.39 is 5.92 Å². The number of rotatable bonds is 5. The molecular weight excluding hydrogens is 192 g/mol. The molecule has 0 radical (unpaired) electrons. The van der Waals surface area contributed by atoms with E-state index >= 15 is 0 Å². The van der Waals surface area contributed by atoms with Crippen LogP contribution < -0.4 is 0 Å². The van der Waals surface area contributed by atoms with E-state index in [1.54, 1.807) is 0 Å². The first kappa shape index (κ1) is 12.1. The Labute approximate surface area is 90.2 Å². The maximum atomic E-state index is 11.7. The monoisotopic (exact) mass is 210 g/mol. The van der Waals surface area contributed by atoms with Crippen molar-refractivity contribution in [2.45, 2.75) is 51.9 Å². The van der Waals surface area contributed by atoms with Crippen LogP contribution in [-0.4, -0.2) is 17.3 Å². The van der Waals surface area contributed by atoms with Gasteiger partial charge in [-0.25, -0.2) is 0 Å². The molecule has 0 aromatic rings. The molecule has 1 aliphatic rings. The predicted octanol–water partition coefficient (Wildman–Crippen LogP) is 2.07. The zero-order valence-electron chi connectivity index (χ0n) is 9.25. The van der Waals surface area contributed by atoms with Crippen molar-refractivity contribution >= 4 is 17.3 Å². The van der Waals surface area contributed by atoms with E-state index in [0.717, 1.165) is 19.3 Å². The van der Waals surface area contributed by atoms with Crippen LogP contribution in [-0.2, 0) is 14.4 Å². The van der Waals surface area contributed by atoms with Crippen molar-refractivity contribution in [1.29, 1.82) is 0 Å². The van der Waals surface area contributed by atoms with Crippen molar-refractivity contribution < 1.29 is 14.4 Å². The summed E-state index contributed by atoms with van der Waals surface area (Å²) in [4.78, 5) is 34.5. The first-order valence-corrected chi connectivity index (χ1v) is 5.75. The van der Waals surface area contributed by atoms with E-state index in [9.17, 15) is 14.4 Å². The largest absolute Gasteiger partial charge is 0.298 e. The summed E-state index contributed by atoms with van der Waals surface area (Å²) in [5, 5.41) is 0. The number of unbranched alkanes of at least 4 members (excludes halogenated alkanes) is 2. The third-order valence-electron chi connectivity index (χ3n) is 2.84. The van der Waals surface area contributed by atoms with Gasteiger partial charge in [-0.2, -0.15) is 0 Å². The van der Waals surface area contributed by atoms with Crippen molar-refractivity contribution in [3.05, 3.63) is 0 Å². The molecule has 0 aromatic heterocycles. The highest BCUT2D eigenvalue weighted by Gasteiger charge is 2.34. The Morgan fingerprint density at radius 1 is 1.20 bits per heavy atom. The van der Waals surface area contributed by atoms with E-state index in [0.29, 0.717) is 25.7 Å². The van der Waals surface area contributed by atoms with Crippen molar-refractivity contribution in [3.63, 3.8) is 0 Å². The van der Waals surface area contributed by atoms with Crippen molar-refractivity contribution in [2.24, 2.45) is 5.92 Å². The van der Waals surface area contributed by atoms with Crippen LogP contribution >= 0.6 is 0 Å². The molecule has 0 heterocycles. The number of hydrogen-bond acceptors (Lipinski definition) is 3. The van der Waals surface area contributed by atoms with E-state index in [1.165, 1.54) is 0 Å². The van der Waals surface area contributed by atoms with Gasteiger partial charge < -0.3 is 0 Å². The lowest BCUT2D eigenvalue weighted by Crippen LogP contribution is -2.35. The summed E-state index contributed by atoms with van der Waals surface area (Å²) in [6.07, 6.45) is 4.63. The van der Waals surface area contributed by atoms with E-state index in [2.05, 4.69) is 6.92 Å². The average Bonchev–Trinajstić information content (AvgIpc) is 2.18. The molecule has 1 fully saturated rings. The fraction of sp³-hybridized carbons (Fsp3) is 0.750. The van der Waals surface area contributed by atoms with Gasteiger partial charge in [0.25, 0.3) is 0 Å². The van der Waals surface area contributed by atoms with Gasteiger partial charge in [-0.3, -0.25) is 14.4 Å². The van der Waals surface area contributed by atoms with E-state index in [-0.39, 0.29) is 17.3 Å². The Morgan fingerprint density at radius 2 is 1.80 bits per heavy atom. The maximum Gasteiger partial charge on any atom is 0.150 e. The SMILES string of the molecule is CCCCCC(=O)C1C(=O)CCCC1=O. The number of carbonyl (C=O) groups excluding carboxylic acids is 3. The summed E-state index contributed by atoms with van der Waals surface area (Å²) in [6.45, 7) is 2.06. The number of ketones is 3. The number of Topliss-reactive ketones (excluding diaryl/α,β-unsaturated/α-hetero) is 3. The lowest BCUT2D eigenvalue weighted by Gasteiger charge is -2.17. The standard InChI is InChI=1S/C12H18O3/c1-2-3-4-6-9(13)12-10(14)7-5-8-11(12)15/h12H,2-8H2,1H3. The second-order valence-electron chi connectivity index (χ2n) is 4.14. The summed E-state index contributed by atoms with van der Waals surface area (Å²) in [5.41, 5.74) is 0. The van der Waals surface area contributed by atoms with Crippen LogP contribution in [0.25, 0.3) is 0 Å². The first-order valence-electron chi connectivity index (χ1n) is 5.75. The predicted molar refractivity (Wildman–Crippen MR) is 56.5 cm³/mol. The van der Waals surface area contributed by atoms with Crippen molar-refractivity contribution in [1.82, 2.24) is 0 Å². The highest BCUT2D eigenvalue weighted by Crippen LogP contribution is 2.20. The Balaban J connectivity index is 2.48. The molecule has 0 unspecified atom stereocenters. The van der Waals surface area contributed by atoms with Gasteiger partial charge in [0, 0.05) is 19.3 Å². The zero-order valence-corrected chi connectivity index (χ0v) is 9.25. The third kappa shape index (κ3) is 3.26. The molecule has 1 saturated carbocycles. The summed E-state index contributed by atoms with van der Waals surface area (Å²) in [6, 6.07) is 0. The van der Waals surface area contributed by atoms with Gasteiger partial charge >= 0.3 is 0 Å². The Bertz CT molecular complexity index is 252. The molecule has 0 N–H and O–H groups in total. The average molecular weight is 210 g/mol. The number of carbonyl (C=O) groups is 3. The van der Waals surface area contributed by atoms with E-state index in [4.69, 9.17) is 0 Å². The molecule has 0 aromatic carbocycles. The van der Waals surface area contributed by atoms with Crippen LogP contribution in [0.2, 0.25) is 0 Å². The second kappa shape index (κ2) is 5.79. The van der Waals surface area contributed by atoms with Crippen LogP contribution in [0.15, 0.2) is 0 Å². The first-order chi connectivity index (χ1) is 7.16. The number of hydrogen-bond donors (Lipinski definition) is 0. The van der Waals surface area contributed by atoms with Crippen molar-refractivity contribution in [3.8, 4) is 0 Å². The molecule has 15 heavy (non-hydrogen) atoms. The molecular formula is C12H18O3. The lowest BCUT2D eigenvalue weighted by molar-refractivity contribution is -0.142. The summed E-state index contributed by atoms with van der Waals surface area (Å²) < 4.78 is 0. The Hall–Kier alpha value is -0.990. The van der Waals surface area contributed by atoms with Gasteiger partial charge in [0.2, 0.25) is 0 Å². The second-order valence-corrected chi connectivity index (χ2v) is 4.14. The molecule has 0 saturated heterocycles. The molecule has 0 aliphatic heterocycles. The highest BCUT2D eigenvalue weighted by molar-refractivity contribution is 6.20. The molecule has 0 amide bonds. The maximum absolute atomic E-state index is 11.7. The quantitative estimate of drug-likeness (QED) is 0.515.